The first-order valence-electron chi connectivity index (χ1n) is 7.02. The summed E-state index contributed by atoms with van der Waals surface area (Å²) in [5.74, 6) is 2.89. The van der Waals surface area contributed by atoms with Gasteiger partial charge in [-0.25, -0.2) is 0 Å². The molecule has 1 heterocycles. The van der Waals surface area contributed by atoms with Gasteiger partial charge in [-0.3, -0.25) is 0 Å². The fourth-order valence-corrected chi connectivity index (χ4v) is 3.71. The van der Waals surface area contributed by atoms with E-state index in [4.69, 9.17) is 10.3 Å². The van der Waals surface area contributed by atoms with Gasteiger partial charge in [0.1, 0.15) is 0 Å². The van der Waals surface area contributed by atoms with Crippen LogP contribution < -0.4 is 5.73 Å². The Balaban J connectivity index is 1.50. The maximum absolute atomic E-state index is 6.05. The highest BCUT2D eigenvalue weighted by Gasteiger charge is 2.33. The summed E-state index contributed by atoms with van der Waals surface area (Å²) in [5.41, 5.74) is 6.05. The van der Waals surface area contributed by atoms with Crippen molar-refractivity contribution in [1.82, 2.24) is 10.1 Å². The van der Waals surface area contributed by atoms with E-state index in [-0.39, 0.29) is 6.04 Å². The van der Waals surface area contributed by atoms with Gasteiger partial charge in [0.25, 0.3) is 0 Å². The number of aromatic nitrogens is 2. The fraction of sp³-hybridized carbons (Fsp3) is 0.846. The minimum absolute atomic E-state index is 0.0362. The molecule has 0 spiro atoms. The minimum Gasteiger partial charge on any atom is -0.338 e. The van der Waals surface area contributed by atoms with Crippen molar-refractivity contribution in [1.29, 1.82) is 0 Å². The lowest BCUT2D eigenvalue weighted by Crippen LogP contribution is -2.12. The summed E-state index contributed by atoms with van der Waals surface area (Å²) in [5, 5.41) is 4.83. The summed E-state index contributed by atoms with van der Waals surface area (Å²) >= 11 is 1.97. The third-order valence-corrected chi connectivity index (χ3v) is 5.27. The van der Waals surface area contributed by atoms with Crippen LogP contribution in [0.3, 0.4) is 0 Å². The van der Waals surface area contributed by atoms with E-state index in [1.807, 2.05) is 11.8 Å². The Morgan fingerprint density at radius 2 is 2.00 bits per heavy atom. The molecule has 2 fully saturated rings. The summed E-state index contributed by atoms with van der Waals surface area (Å²) < 4.78 is 5.27. The lowest BCUT2D eigenvalue weighted by atomic mass is 10.0. The van der Waals surface area contributed by atoms with Crippen LogP contribution in [0.5, 0.6) is 0 Å². The molecule has 2 aliphatic rings. The Hall–Kier alpha value is -0.550. The predicted molar refractivity (Wildman–Crippen MR) is 72.1 cm³/mol. The van der Waals surface area contributed by atoms with Gasteiger partial charge in [-0.2, -0.15) is 16.7 Å². The van der Waals surface area contributed by atoms with E-state index in [1.165, 1.54) is 44.9 Å². The van der Waals surface area contributed by atoms with Crippen LogP contribution in [0.2, 0.25) is 0 Å². The Kier molecular flexibility index (Phi) is 3.89. The van der Waals surface area contributed by atoms with E-state index in [0.717, 1.165) is 16.8 Å². The highest BCUT2D eigenvalue weighted by molar-refractivity contribution is 7.99. The predicted octanol–water partition coefficient (Wildman–Crippen LogP) is 3.05. The standard InChI is InChI=1S/C13H21N3OS/c14-12(9-6-7-9)13-15-11(16-17-13)8-18-10-4-2-1-3-5-10/h9-10,12H,1-8,14H2. The molecule has 5 heteroatoms. The number of hydrogen-bond donors (Lipinski definition) is 1. The van der Waals surface area contributed by atoms with E-state index < -0.39 is 0 Å². The smallest absolute Gasteiger partial charge is 0.243 e. The summed E-state index contributed by atoms with van der Waals surface area (Å²) in [4.78, 5) is 4.43. The van der Waals surface area contributed by atoms with Gasteiger partial charge in [0.05, 0.1) is 11.8 Å². The first-order chi connectivity index (χ1) is 8.83. The molecule has 4 nitrogen and oxygen atoms in total. The highest BCUT2D eigenvalue weighted by atomic mass is 32.2. The molecule has 0 radical (unpaired) electrons. The molecule has 2 saturated carbocycles. The zero-order valence-corrected chi connectivity index (χ0v) is 11.5. The third-order valence-electron chi connectivity index (χ3n) is 3.90. The lowest BCUT2D eigenvalue weighted by Gasteiger charge is -2.19. The second-order valence-electron chi connectivity index (χ2n) is 5.48. The first-order valence-corrected chi connectivity index (χ1v) is 8.07. The third kappa shape index (κ3) is 3.06. The fourth-order valence-electron chi connectivity index (χ4n) is 2.54. The number of nitrogens with two attached hydrogens (primary N) is 1. The van der Waals surface area contributed by atoms with Crippen LogP contribution in [-0.2, 0) is 5.75 Å². The van der Waals surface area contributed by atoms with Crippen molar-refractivity contribution in [2.45, 2.75) is 62.0 Å². The molecule has 0 aromatic carbocycles. The van der Waals surface area contributed by atoms with Crippen LogP contribution >= 0.6 is 11.8 Å². The monoisotopic (exact) mass is 267 g/mol. The van der Waals surface area contributed by atoms with Crippen molar-refractivity contribution in [2.75, 3.05) is 0 Å². The Morgan fingerprint density at radius 3 is 2.72 bits per heavy atom. The molecule has 2 N–H and O–H groups in total. The number of thioether (sulfide) groups is 1. The average molecular weight is 267 g/mol. The van der Waals surface area contributed by atoms with Crippen molar-refractivity contribution in [3.63, 3.8) is 0 Å². The second-order valence-corrected chi connectivity index (χ2v) is 6.77. The summed E-state index contributed by atoms with van der Waals surface area (Å²) in [6, 6.07) is -0.0362. The molecular weight excluding hydrogens is 246 g/mol. The van der Waals surface area contributed by atoms with Crippen LogP contribution in [0.15, 0.2) is 4.52 Å². The largest absolute Gasteiger partial charge is 0.338 e. The molecule has 1 aromatic heterocycles. The summed E-state index contributed by atoms with van der Waals surface area (Å²) in [6.45, 7) is 0. The molecule has 1 aromatic rings. The maximum Gasteiger partial charge on any atom is 0.243 e. The van der Waals surface area contributed by atoms with Crippen molar-refractivity contribution in [2.24, 2.45) is 11.7 Å². The van der Waals surface area contributed by atoms with Crippen LogP contribution in [0.4, 0.5) is 0 Å². The Morgan fingerprint density at radius 1 is 1.22 bits per heavy atom. The van der Waals surface area contributed by atoms with E-state index in [9.17, 15) is 0 Å². The lowest BCUT2D eigenvalue weighted by molar-refractivity contribution is 0.341. The molecule has 0 bridgehead atoms. The molecular formula is C13H21N3OS. The van der Waals surface area contributed by atoms with Gasteiger partial charge in [0, 0.05) is 5.25 Å². The topological polar surface area (TPSA) is 64.9 Å². The van der Waals surface area contributed by atoms with E-state index in [2.05, 4.69) is 10.1 Å². The van der Waals surface area contributed by atoms with Crippen molar-refractivity contribution in [3.8, 4) is 0 Å². The van der Waals surface area contributed by atoms with Gasteiger partial charge in [-0.1, -0.05) is 24.4 Å². The van der Waals surface area contributed by atoms with E-state index in [1.54, 1.807) is 0 Å². The van der Waals surface area contributed by atoms with Crippen LogP contribution in [0, 0.1) is 5.92 Å². The van der Waals surface area contributed by atoms with Gasteiger partial charge in [0.2, 0.25) is 5.89 Å². The van der Waals surface area contributed by atoms with Gasteiger partial charge >= 0.3 is 0 Å². The molecule has 100 valence electrons. The SMILES string of the molecule is NC(c1nc(CSC2CCCCC2)no1)C1CC1. The van der Waals surface area contributed by atoms with E-state index >= 15 is 0 Å². The summed E-state index contributed by atoms with van der Waals surface area (Å²) in [7, 11) is 0. The second kappa shape index (κ2) is 5.61. The average Bonchev–Trinajstić information content (AvgIpc) is 3.15. The molecule has 0 aliphatic heterocycles. The Bertz CT molecular complexity index is 385. The van der Waals surface area contributed by atoms with Crippen molar-refractivity contribution < 1.29 is 4.52 Å². The maximum atomic E-state index is 6.05. The molecule has 1 atom stereocenters. The molecule has 3 rings (SSSR count). The molecule has 1 unspecified atom stereocenters. The summed E-state index contributed by atoms with van der Waals surface area (Å²) in [6.07, 6.45) is 9.25. The first kappa shape index (κ1) is 12.5. The quantitative estimate of drug-likeness (QED) is 0.888. The molecule has 0 saturated heterocycles. The van der Waals surface area contributed by atoms with E-state index in [0.29, 0.717) is 11.8 Å². The minimum atomic E-state index is -0.0362. The molecule has 0 amide bonds. The Labute approximate surface area is 112 Å². The zero-order valence-electron chi connectivity index (χ0n) is 10.7. The normalized spacial score (nSPS) is 23.2. The highest BCUT2D eigenvalue weighted by Crippen LogP contribution is 2.39. The van der Waals surface area contributed by atoms with Crippen molar-refractivity contribution >= 4 is 11.8 Å². The van der Waals surface area contributed by atoms with Crippen LogP contribution in [-0.4, -0.2) is 15.4 Å². The number of hydrogen-bond acceptors (Lipinski definition) is 5. The van der Waals surface area contributed by atoms with Gasteiger partial charge in [0.15, 0.2) is 5.82 Å². The van der Waals surface area contributed by atoms with Gasteiger partial charge < -0.3 is 10.3 Å². The van der Waals surface area contributed by atoms with Gasteiger partial charge in [-0.05, 0) is 31.6 Å². The van der Waals surface area contributed by atoms with Crippen LogP contribution in [0.25, 0.3) is 0 Å². The molecule has 2 aliphatic carbocycles. The van der Waals surface area contributed by atoms with Crippen molar-refractivity contribution in [3.05, 3.63) is 11.7 Å². The van der Waals surface area contributed by atoms with Crippen LogP contribution in [0.1, 0.15) is 62.7 Å². The molecule has 18 heavy (non-hydrogen) atoms. The number of nitrogens with zero attached hydrogens (tertiary/aromatic N) is 2. The zero-order chi connectivity index (χ0) is 12.4. The number of rotatable bonds is 5. The van der Waals surface area contributed by atoms with Gasteiger partial charge in [-0.15, -0.1) is 0 Å².